The van der Waals surface area contributed by atoms with Crippen LogP contribution in [-0.2, 0) is 9.53 Å². The smallest absolute Gasteiger partial charge is 0.411 e. The summed E-state index contributed by atoms with van der Waals surface area (Å²) in [5.41, 5.74) is -1.23. The molecule has 0 saturated carbocycles. The van der Waals surface area contributed by atoms with E-state index in [0.29, 0.717) is 13.1 Å². The SMILES string of the molecule is C=CCN1CCC[C@@]2(CCCN2C(=O)OC(C)(C)C)C1=O. The van der Waals surface area contributed by atoms with Crippen molar-refractivity contribution in [1.82, 2.24) is 9.80 Å². The first-order valence-electron chi connectivity index (χ1n) is 7.71. The zero-order valence-electron chi connectivity index (χ0n) is 13.4. The van der Waals surface area contributed by atoms with E-state index in [9.17, 15) is 9.59 Å². The van der Waals surface area contributed by atoms with E-state index in [0.717, 1.165) is 32.2 Å². The van der Waals surface area contributed by atoms with Gasteiger partial charge in [0.05, 0.1) is 0 Å². The van der Waals surface area contributed by atoms with E-state index in [1.807, 2.05) is 20.8 Å². The van der Waals surface area contributed by atoms with E-state index in [-0.39, 0.29) is 12.0 Å². The highest BCUT2D eigenvalue weighted by Gasteiger charge is 2.53. The fraction of sp³-hybridized carbons (Fsp3) is 0.750. The summed E-state index contributed by atoms with van der Waals surface area (Å²) in [5, 5.41) is 0. The first-order chi connectivity index (χ1) is 9.80. The highest BCUT2D eigenvalue weighted by Crippen LogP contribution is 2.39. The molecular weight excluding hydrogens is 268 g/mol. The molecule has 0 unspecified atom stereocenters. The van der Waals surface area contributed by atoms with Gasteiger partial charge in [-0.3, -0.25) is 9.69 Å². The van der Waals surface area contributed by atoms with Crippen LogP contribution >= 0.6 is 0 Å². The fourth-order valence-corrected chi connectivity index (χ4v) is 3.34. The lowest BCUT2D eigenvalue weighted by Gasteiger charge is -2.44. The molecule has 1 spiro atoms. The van der Waals surface area contributed by atoms with Gasteiger partial charge in [0.2, 0.25) is 5.91 Å². The molecule has 0 N–H and O–H groups in total. The van der Waals surface area contributed by atoms with Crippen molar-refractivity contribution in [1.29, 1.82) is 0 Å². The van der Waals surface area contributed by atoms with Gasteiger partial charge in [-0.1, -0.05) is 6.08 Å². The second-order valence-electron chi connectivity index (χ2n) is 6.91. The Labute approximate surface area is 126 Å². The minimum Gasteiger partial charge on any atom is -0.444 e. The van der Waals surface area contributed by atoms with Crippen LogP contribution in [0.2, 0.25) is 0 Å². The fourth-order valence-electron chi connectivity index (χ4n) is 3.34. The van der Waals surface area contributed by atoms with Crippen LogP contribution in [0.4, 0.5) is 4.79 Å². The molecule has 0 aliphatic carbocycles. The molecule has 2 saturated heterocycles. The number of hydrogen-bond donors (Lipinski definition) is 0. The first-order valence-corrected chi connectivity index (χ1v) is 7.71. The van der Waals surface area contributed by atoms with Crippen LogP contribution in [0.15, 0.2) is 12.7 Å². The molecule has 0 radical (unpaired) electrons. The molecule has 0 aromatic heterocycles. The molecule has 2 rings (SSSR count). The molecule has 2 aliphatic rings. The number of ether oxygens (including phenoxy) is 1. The van der Waals surface area contributed by atoms with Crippen molar-refractivity contribution in [3.8, 4) is 0 Å². The summed E-state index contributed by atoms with van der Waals surface area (Å²) in [6.07, 6.45) is 4.61. The average molecular weight is 294 g/mol. The molecule has 21 heavy (non-hydrogen) atoms. The van der Waals surface area contributed by atoms with Gasteiger partial charge in [-0.2, -0.15) is 0 Å². The molecule has 2 amide bonds. The van der Waals surface area contributed by atoms with Gasteiger partial charge in [-0.05, 0) is 46.5 Å². The molecule has 0 aromatic rings. The monoisotopic (exact) mass is 294 g/mol. The maximum atomic E-state index is 12.8. The average Bonchev–Trinajstić information content (AvgIpc) is 2.78. The van der Waals surface area contributed by atoms with Crippen molar-refractivity contribution < 1.29 is 14.3 Å². The first kappa shape index (κ1) is 15.9. The Morgan fingerprint density at radius 2 is 1.95 bits per heavy atom. The number of rotatable bonds is 2. The van der Waals surface area contributed by atoms with Crippen LogP contribution in [0.1, 0.15) is 46.5 Å². The van der Waals surface area contributed by atoms with E-state index < -0.39 is 11.1 Å². The number of likely N-dealkylation sites (tertiary alicyclic amines) is 2. The third-order valence-corrected chi connectivity index (χ3v) is 4.16. The minimum atomic E-state index is -0.691. The van der Waals surface area contributed by atoms with Crippen LogP contribution in [0.5, 0.6) is 0 Å². The van der Waals surface area contributed by atoms with Crippen molar-refractivity contribution >= 4 is 12.0 Å². The van der Waals surface area contributed by atoms with Crippen LogP contribution in [-0.4, -0.2) is 52.6 Å². The van der Waals surface area contributed by atoms with E-state index >= 15 is 0 Å². The maximum absolute atomic E-state index is 12.8. The number of nitrogens with zero attached hydrogens (tertiary/aromatic N) is 2. The van der Waals surface area contributed by atoms with Gasteiger partial charge >= 0.3 is 6.09 Å². The van der Waals surface area contributed by atoms with Gasteiger partial charge in [0.1, 0.15) is 11.1 Å². The Balaban J connectivity index is 2.21. The quantitative estimate of drug-likeness (QED) is 0.735. The normalized spacial score (nSPS) is 26.3. The summed E-state index contributed by atoms with van der Waals surface area (Å²) >= 11 is 0. The highest BCUT2D eigenvalue weighted by atomic mass is 16.6. The largest absolute Gasteiger partial charge is 0.444 e. The molecule has 0 aromatic carbocycles. The Kier molecular flexibility index (Phi) is 4.30. The van der Waals surface area contributed by atoms with Crippen LogP contribution in [0.3, 0.4) is 0 Å². The lowest BCUT2D eigenvalue weighted by Crippen LogP contribution is -2.61. The predicted molar refractivity (Wildman–Crippen MR) is 80.9 cm³/mol. The predicted octanol–water partition coefficient (Wildman–Crippen LogP) is 2.56. The zero-order chi connectivity index (χ0) is 15.7. The molecule has 2 fully saturated rings. The van der Waals surface area contributed by atoms with Gasteiger partial charge < -0.3 is 9.64 Å². The third kappa shape index (κ3) is 3.06. The summed E-state index contributed by atoms with van der Waals surface area (Å²) < 4.78 is 5.49. The molecule has 118 valence electrons. The second-order valence-corrected chi connectivity index (χ2v) is 6.91. The molecule has 2 heterocycles. The number of carbonyl (C=O) groups is 2. The summed E-state index contributed by atoms with van der Waals surface area (Å²) in [6, 6.07) is 0. The number of hydrogen-bond acceptors (Lipinski definition) is 3. The van der Waals surface area contributed by atoms with E-state index in [1.165, 1.54) is 0 Å². The van der Waals surface area contributed by atoms with Gasteiger partial charge in [0, 0.05) is 19.6 Å². The van der Waals surface area contributed by atoms with E-state index in [1.54, 1.807) is 15.9 Å². The number of amides is 2. The van der Waals surface area contributed by atoms with Gasteiger partial charge in [0.15, 0.2) is 0 Å². The summed E-state index contributed by atoms with van der Waals surface area (Å²) in [5.74, 6) is 0.0528. The van der Waals surface area contributed by atoms with Crippen molar-refractivity contribution in [2.75, 3.05) is 19.6 Å². The van der Waals surface area contributed by atoms with Crippen molar-refractivity contribution in [2.24, 2.45) is 0 Å². The molecule has 5 nitrogen and oxygen atoms in total. The van der Waals surface area contributed by atoms with Crippen LogP contribution < -0.4 is 0 Å². The van der Waals surface area contributed by atoms with E-state index in [2.05, 4.69) is 6.58 Å². The van der Waals surface area contributed by atoms with Crippen molar-refractivity contribution in [2.45, 2.75) is 57.6 Å². The summed E-state index contributed by atoms with van der Waals surface area (Å²) in [6.45, 7) is 11.1. The molecule has 2 aliphatic heterocycles. The van der Waals surface area contributed by atoms with Crippen LogP contribution in [0, 0.1) is 0 Å². The zero-order valence-corrected chi connectivity index (χ0v) is 13.4. The Morgan fingerprint density at radius 3 is 2.52 bits per heavy atom. The van der Waals surface area contributed by atoms with Gasteiger partial charge in [0.25, 0.3) is 0 Å². The minimum absolute atomic E-state index is 0.0528. The van der Waals surface area contributed by atoms with E-state index in [4.69, 9.17) is 4.74 Å². The summed E-state index contributed by atoms with van der Waals surface area (Å²) in [7, 11) is 0. The topological polar surface area (TPSA) is 49.9 Å². The third-order valence-electron chi connectivity index (χ3n) is 4.16. The highest BCUT2D eigenvalue weighted by molar-refractivity contribution is 5.91. The Hall–Kier alpha value is -1.52. The molecule has 1 atom stereocenters. The maximum Gasteiger partial charge on any atom is 0.411 e. The van der Waals surface area contributed by atoms with Crippen molar-refractivity contribution in [3.63, 3.8) is 0 Å². The Bertz CT molecular complexity index is 441. The standard InChI is InChI=1S/C16H26N2O3/c1-5-10-17-11-6-8-16(13(17)19)9-7-12-18(16)14(20)21-15(2,3)4/h5H,1,6-12H2,2-4H3/t16-/m1/s1. The Morgan fingerprint density at radius 1 is 1.33 bits per heavy atom. The van der Waals surface area contributed by atoms with Crippen LogP contribution in [0.25, 0.3) is 0 Å². The molecular formula is C16H26N2O3. The summed E-state index contributed by atoms with van der Waals surface area (Å²) in [4.78, 5) is 28.8. The number of piperidine rings is 1. The number of carbonyl (C=O) groups excluding carboxylic acids is 2. The lowest BCUT2D eigenvalue weighted by atomic mass is 9.85. The second kappa shape index (κ2) is 5.70. The molecule has 0 bridgehead atoms. The van der Waals surface area contributed by atoms with Crippen molar-refractivity contribution in [3.05, 3.63) is 12.7 Å². The van der Waals surface area contributed by atoms with Gasteiger partial charge in [-0.15, -0.1) is 6.58 Å². The van der Waals surface area contributed by atoms with Gasteiger partial charge in [-0.25, -0.2) is 4.79 Å². The molecule has 5 heteroatoms. The lowest BCUT2D eigenvalue weighted by molar-refractivity contribution is -0.146.